The van der Waals surface area contributed by atoms with Crippen LogP contribution in [0.2, 0.25) is 0 Å². The number of likely N-dealkylation sites (N-methyl/N-ethyl adjacent to an activating group) is 1. The molecule has 0 spiro atoms. The first-order valence-electron chi connectivity index (χ1n) is 7.04. The van der Waals surface area contributed by atoms with E-state index >= 15 is 0 Å². The third kappa shape index (κ3) is 3.95. The average Bonchev–Trinajstić information content (AvgIpc) is 2.75. The number of methoxy groups -OCH3 is 1. The van der Waals surface area contributed by atoms with E-state index in [4.69, 9.17) is 4.74 Å². The number of hydrogen-bond donors (Lipinski definition) is 1. The summed E-state index contributed by atoms with van der Waals surface area (Å²) in [5.41, 5.74) is 0.892. The molecule has 1 aromatic rings. The van der Waals surface area contributed by atoms with Gasteiger partial charge in [0, 0.05) is 25.8 Å². The van der Waals surface area contributed by atoms with E-state index in [2.05, 4.69) is 10.2 Å². The van der Waals surface area contributed by atoms with E-state index in [1.54, 1.807) is 12.0 Å². The highest BCUT2D eigenvalue weighted by Gasteiger charge is 2.16. The summed E-state index contributed by atoms with van der Waals surface area (Å²) in [6, 6.07) is 7.55. The molecular weight excluding hydrogens is 254 g/mol. The van der Waals surface area contributed by atoms with Crippen molar-refractivity contribution in [2.75, 3.05) is 51.8 Å². The number of carbonyl (C=O) groups is 1. The second-order valence-corrected chi connectivity index (χ2v) is 5.03. The second-order valence-electron chi connectivity index (χ2n) is 5.03. The quantitative estimate of drug-likeness (QED) is 0.890. The van der Waals surface area contributed by atoms with E-state index in [-0.39, 0.29) is 5.91 Å². The Kier molecular flexibility index (Phi) is 5.38. The normalized spacial score (nSPS) is 16.5. The van der Waals surface area contributed by atoms with Crippen LogP contribution in [0.1, 0.15) is 6.42 Å². The minimum atomic E-state index is 0.122. The molecule has 0 saturated carbocycles. The SMILES string of the molecule is COc1ccc(N(C)C(=O)CN2CCCNCC2)cc1. The van der Waals surface area contributed by atoms with Gasteiger partial charge in [-0.05, 0) is 43.8 Å². The lowest BCUT2D eigenvalue weighted by Gasteiger charge is -2.23. The van der Waals surface area contributed by atoms with Gasteiger partial charge >= 0.3 is 0 Å². The Morgan fingerprint density at radius 1 is 1.30 bits per heavy atom. The van der Waals surface area contributed by atoms with Crippen molar-refractivity contribution in [2.45, 2.75) is 6.42 Å². The number of ether oxygens (including phenoxy) is 1. The van der Waals surface area contributed by atoms with Crippen LogP contribution in [-0.2, 0) is 4.79 Å². The molecule has 0 atom stereocenters. The van der Waals surface area contributed by atoms with Crippen molar-refractivity contribution in [3.8, 4) is 5.75 Å². The molecule has 1 aliphatic rings. The minimum absolute atomic E-state index is 0.122. The number of rotatable bonds is 4. The number of benzene rings is 1. The summed E-state index contributed by atoms with van der Waals surface area (Å²) >= 11 is 0. The molecule has 1 aromatic carbocycles. The third-order valence-electron chi connectivity index (χ3n) is 3.63. The Morgan fingerprint density at radius 2 is 2.05 bits per heavy atom. The number of nitrogens with zero attached hydrogens (tertiary/aromatic N) is 2. The van der Waals surface area contributed by atoms with Crippen LogP contribution >= 0.6 is 0 Å². The minimum Gasteiger partial charge on any atom is -0.497 e. The van der Waals surface area contributed by atoms with Gasteiger partial charge in [-0.1, -0.05) is 0 Å². The summed E-state index contributed by atoms with van der Waals surface area (Å²) in [5.74, 6) is 0.922. The fourth-order valence-corrected chi connectivity index (χ4v) is 2.31. The van der Waals surface area contributed by atoms with Gasteiger partial charge in [0.1, 0.15) is 5.75 Å². The van der Waals surface area contributed by atoms with Crippen LogP contribution in [-0.4, -0.2) is 57.7 Å². The van der Waals surface area contributed by atoms with Crippen molar-refractivity contribution in [1.29, 1.82) is 0 Å². The maximum absolute atomic E-state index is 12.3. The molecule has 0 unspecified atom stereocenters. The van der Waals surface area contributed by atoms with E-state index in [9.17, 15) is 4.79 Å². The predicted octanol–water partition coefficient (Wildman–Crippen LogP) is 0.953. The lowest BCUT2D eigenvalue weighted by atomic mass is 10.2. The molecule has 1 amide bonds. The smallest absolute Gasteiger partial charge is 0.240 e. The van der Waals surface area contributed by atoms with Crippen LogP contribution in [0, 0.1) is 0 Å². The Labute approximate surface area is 120 Å². The van der Waals surface area contributed by atoms with Crippen LogP contribution in [0.3, 0.4) is 0 Å². The summed E-state index contributed by atoms with van der Waals surface area (Å²) in [5, 5.41) is 3.34. The molecule has 5 heteroatoms. The summed E-state index contributed by atoms with van der Waals surface area (Å²) in [6.07, 6.45) is 1.10. The van der Waals surface area contributed by atoms with E-state index in [1.807, 2.05) is 31.3 Å². The molecule has 0 radical (unpaired) electrons. The Bertz CT molecular complexity index is 425. The number of carbonyl (C=O) groups excluding carboxylic acids is 1. The summed E-state index contributed by atoms with van der Waals surface area (Å²) < 4.78 is 5.13. The monoisotopic (exact) mass is 277 g/mol. The van der Waals surface area contributed by atoms with E-state index in [1.165, 1.54) is 0 Å². The first-order valence-corrected chi connectivity index (χ1v) is 7.04. The molecule has 1 fully saturated rings. The summed E-state index contributed by atoms with van der Waals surface area (Å²) in [7, 11) is 3.46. The third-order valence-corrected chi connectivity index (χ3v) is 3.63. The highest BCUT2D eigenvalue weighted by molar-refractivity contribution is 5.94. The van der Waals surface area contributed by atoms with E-state index in [0.717, 1.165) is 44.0 Å². The zero-order chi connectivity index (χ0) is 14.4. The lowest BCUT2D eigenvalue weighted by Crippen LogP contribution is -2.39. The van der Waals surface area contributed by atoms with Crippen LogP contribution < -0.4 is 15.0 Å². The van der Waals surface area contributed by atoms with Crippen molar-refractivity contribution in [3.05, 3.63) is 24.3 Å². The van der Waals surface area contributed by atoms with Gasteiger partial charge in [-0.3, -0.25) is 9.69 Å². The average molecular weight is 277 g/mol. The number of nitrogens with one attached hydrogen (secondary N) is 1. The van der Waals surface area contributed by atoms with Crippen LogP contribution in [0.15, 0.2) is 24.3 Å². The molecule has 0 bridgehead atoms. The first-order chi connectivity index (χ1) is 9.70. The fourth-order valence-electron chi connectivity index (χ4n) is 2.31. The number of hydrogen-bond acceptors (Lipinski definition) is 4. The van der Waals surface area contributed by atoms with Crippen molar-refractivity contribution in [1.82, 2.24) is 10.2 Å². The van der Waals surface area contributed by atoms with Gasteiger partial charge in [-0.2, -0.15) is 0 Å². The van der Waals surface area contributed by atoms with Crippen LogP contribution in [0.25, 0.3) is 0 Å². The van der Waals surface area contributed by atoms with Crippen molar-refractivity contribution in [2.24, 2.45) is 0 Å². The molecule has 1 N–H and O–H groups in total. The standard InChI is InChI=1S/C15H23N3O2/c1-17(13-4-6-14(20-2)7-5-13)15(19)12-18-10-3-8-16-9-11-18/h4-7,16H,3,8-12H2,1-2H3. The van der Waals surface area contributed by atoms with Gasteiger partial charge in [-0.25, -0.2) is 0 Å². The molecule has 0 aliphatic carbocycles. The van der Waals surface area contributed by atoms with Crippen molar-refractivity contribution >= 4 is 11.6 Å². The van der Waals surface area contributed by atoms with Gasteiger partial charge in [-0.15, -0.1) is 0 Å². The van der Waals surface area contributed by atoms with Crippen molar-refractivity contribution < 1.29 is 9.53 Å². The second kappa shape index (κ2) is 7.26. The van der Waals surface area contributed by atoms with Crippen LogP contribution in [0.4, 0.5) is 5.69 Å². The zero-order valence-corrected chi connectivity index (χ0v) is 12.3. The lowest BCUT2D eigenvalue weighted by molar-refractivity contribution is -0.119. The van der Waals surface area contributed by atoms with Gasteiger partial charge < -0.3 is 15.0 Å². The maximum Gasteiger partial charge on any atom is 0.240 e. The number of anilines is 1. The summed E-state index contributed by atoms with van der Waals surface area (Å²) in [6.45, 7) is 4.39. The van der Waals surface area contributed by atoms with Gasteiger partial charge in [0.15, 0.2) is 0 Å². The van der Waals surface area contributed by atoms with E-state index in [0.29, 0.717) is 6.54 Å². The molecule has 1 saturated heterocycles. The van der Waals surface area contributed by atoms with E-state index < -0.39 is 0 Å². The molecule has 0 aromatic heterocycles. The Hall–Kier alpha value is -1.59. The maximum atomic E-state index is 12.3. The van der Waals surface area contributed by atoms with Gasteiger partial charge in [0.2, 0.25) is 5.91 Å². The molecule has 1 heterocycles. The zero-order valence-electron chi connectivity index (χ0n) is 12.3. The molecule has 20 heavy (non-hydrogen) atoms. The first kappa shape index (κ1) is 14.8. The van der Waals surface area contributed by atoms with Gasteiger partial charge in [0.25, 0.3) is 0 Å². The fraction of sp³-hybridized carbons (Fsp3) is 0.533. The highest BCUT2D eigenvalue weighted by Crippen LogP contribution is 2.18. The molecule has 5 nitrogen and oxygen atoms in total. The molecule has 110 valence electrons. The van der Waals surface area contributed by atoms with Crippen LogP contribution in [0.5, 0.6) is 5.75 Å². The highest BCUT2D eigenvalue weighted by atomic mass is 16.5. The molecular formula is C15H23N3O2. The van der Waals surface area contributed by atoms with Gasteiger partial charge in [0.05, 0.1) is 13.7 Å². The number of amides is 1. The largest absolute Gasteiger partial charge is 0.497 e. The predicted molar refractivity (Wildman–Crippen MR) is 80.3 cm³/mol. The molecule has 1 aliphatic heterocycles. The summed E-state index contributed by atoms with van der Waals surface area (Å²) in [4.78, 5) is 16.2. The molecule has 2 rings (SSSR count). The Balaban J connectivity index is 1.92. The Morgan fingerprint density at radius 3 is 2.75 bits per heavy atom. The van der Waals surface area contributed by atoms with Crippen molar-refractivity contribution in [3.63, 3.8) is 0 Å². The topological polar surface area (TPSA) is 44.8 Å².